The highest BCUT2D eigenvalue weighted by atomic mass is 32.2. The highest BCUT2D eigenvalue weighted by Gasteiger charge is 2.32. The third-order valence-electron chi connectivity index (χ3n) is 3.82. The van der Waals surface area contributed by atoms with E-state index in [0.717, 1.165) is 23.8 Å². The van der Waals surface area contributed by atoms with E-state index in [4.69, 9.17) is 9.47 Å². The molecule has 0 aromatic heterocycles. The fourth-order valence-corrected chi connectivity index (χ4v) is 4.28. The molecule has 4 heteroatoms. The van der Waals surface area contributed by atoms with E-state index in [1.54, 1.807) is 14.2 Å². The minimum Gasteiger partial charge on any atom is -0.493 e. The normalized spacial score (nSPS) is 21.7. The minimum atomic E-state index is 0.383. The third kappa shape index (κ3) is 2.91. The lowest BCUT2D eigenvalue weighted by Gasteiger charge is -2.36. The molecule has 0 fully saturated rings. The molecule has 0 saturated heterocycles. The van der Waals surface area contributed by atoms with E-state index in [1.807, 2.05) is 11.8 Å². The molecule has 112 valence electrons. The predicted molar refractivity (Wildman–Crippen MR) is 85.9 cm³/mol. The van der Waals surface area contributed by atoms with Gasteiger partial charge in [-0.15, -0.1) is 0 Å². The average molecular weight is 295 g/mol. The van der Waals surface area contributed by atoms with E-state index >= 15 is 0 Å². The van der Waals surface area contributed by atoms with E-state index in [0.29, 0.717) is 17.2 Å². The summed E-state index contributed by atoms with van der Waals surface area (Å²) in [6, 6.07) is 4.66. The van der Waals surface area contributed by atoms with Crippen molar-refractivity contribution in [1.29, 1.82) is 0 Å². The molecule has 20 heavy (non-hydrogen) atoms. The maximum absolute atomic E-state index is 5.46. The van der Waals surface area contributed by atoms with Crippen molar-refractivity contribution in [2.45, 2.75) is 37.8 Å². The van der Waals surface area contributed by atoms with Gasteiger partial charge in [0.05, 0.1) is 14.2 Å². The topological polar surface area (TPSA) is 30.5 Å². The SMILES string of the molecule is CCNC1c2cc(OC)c(OC)cc2CSC1C(C)C. The fourth-order valence-electron chi connectivity index (χ4n) is 2.83. The zero-order valence-electron chi connectivity index (χ0n) is 13.0. The van der Waals surface area contributed by atoms with Crippen molar-refractivity contribution in [2.24, 2.45) is 5.92 Å². The van der Waals surface area contributed by atoms with Crippen LogP contribution in [0.2, 0.25) is 0 Å². The molecule has 1 aliphatic heterocycles. The van der Waals surface area contributed by atoms with E-state index in [2.05, 4.69) is 38.2 Å². The Morgan fingerprint density at radius 2 is 1.90 bits per heavy atom. The molecule has 0 bridgehead atoms. The van der Waals surface area contributed by atoms with Gasteiger partial charge in [0.25, 0.3) is 0 Å². The molecule has 0 spiro atoms. The van der Waals surface area contributed by atoms with Gasteiger partial charge in [-0.25, -0.2) is 0 Å². The number of thioether (sulfide) groups is 1. The van der Waals surface area contributed by atoms with Crippen molar-refractivity contribution in [3.63, 3.8) is 0 Å². The van der Waals surface area contributed by atoms with E-state index in [9.17, 15) is 0 Å². The lowest BCUT2D eigenvalue weighted by Crippen LogP contribution is -2.36. The van der Waals surface area contributed by atoms with Crippen molar-refractivity contribution in [1.82, 2.24) is 5.32 Å². The maximum Gasteiger partial charge on any atom is 0.161 e. The fraction of sp³-hybridized carbons (Fsp3) is 0.625. The molecule has 0 aliphatic carbocycles. The van der Waals surface area contributed by atoms with Gasteiger partial charge >= 0.3 is 0 Å². The maximum atomic E-state index is 5.46. The van der Waals surface area contributed by atoms with Gasteiger partial charge in [-0.1, -0.05) is 20.8 Å². The van der Waals surface area contributed by atoms with Crippen LogP contribution in [0.5, 0.6) is 11.5 Å². The van der Waals surface area contributed by atoms with Crippen LogP contribution in [0.4, 0.5) is 0 Å². The number of hydrogen-bond donors (Lipinski definition) is 1. The molecule has 1 heterocycles. The molecular formula is C16H25NO2S. The zero-order chi connectivity index (χ0) is 14.7. The lowest BCUT2D eigenvalue weighted by molar-refractivity contribution is 0.352. The highest BCUT2D eigenvalue weighted by Crippen LogP contribution is 2.44. The van der Waals surface area contributed by atoms with Crippen LogP contribution in [-0.2, 0) is 5.75 Å². The first kappa shape index (κ1) is 15.5. The Labute approximate surface area is 126 Å². The Morgan fingerprint density at radius 3 is 2.45 bits per heavy atom. The summed E-state index contributed by atoms with van der Waals surface area (Å²) in [5.74, 6) is 3.33. The Hall–Kier alpha value is -0.870. The number of methoxy groups -OCH3 is 2. The Morgan fingerprint density at radius 1 is 1.25 bits per heavy atom. The summed E-state index contributed by atoms with van der Waals surface area (Å²) in [5, 5.41) is 4.24. The van der Waals surface area contributed by atoms with Crippen LogP contribution in [0.15, 0.2) is 12.1 Å². The van der Waals surface area contributed by atoms with Crippen LogP contribution in [0, 0.1) is 5.92 Å². The lowest BCUT2D eigenvalue weighted by atomic mass is 9.92. The monoisotopic (exact) mass is 295 g/mol. The molecule has 3 nitrogen and oxygen atoms in total. The predicted octanol–water partition coefficient (Wildman–Crippen LogP) is 3.63. The van der Waals surface area contributed by atoms with Crippen molar-refractivity contribution < 1.29 is 9.47 Å². The van der Waals surface area contributed by atoms with Crippen molar-refractivity contribution in [3.05, 3.63) is 23.3 Å². The number of hydrogen-bond acceptors (Lipinski definition) is 4. The van der Waals surface area contributed by atoms with Gasteiger partial charge in [0.15, 0.2) is 11.5 Å². The Balaban J connectivity index is 2.45. The number of ether oxygens (including phenoxy) is 2. The highest BCUT2D eigenvalue weighted by molar-refractivity contribution is 7.99. The first-order valence-electron chi connectivity index (χ1n) is 7.22. The summed E-state index contributed by atoms with van der Waals surface area (Å²) < 4.78 is 10.9. The van der Waals surface area contributed by atoms with Crippen molar-refractivity contribution in [2.75, 3.05) is 20.8 Å². The second-order valence-electron chi connectivity index (χ2n) is 5.46. The number of nitrogens with one attached hydrogen (secondary N) is 1. The van der Waals surface area contributed by atoms with Crippen molar-refractivity contribution >= 4 is 11.8 Å². The standard InChI is InChI=1S/C16H25NO2S/c1-6-17-15-12-8-14(19-5)13(18-4)7-11(12)9-20-16(15)10(2)3/h7-8,10,15-17H,6,9H2,1-5H3. The molecule has 1 aliphatic rings. The van der Waals surface area contributed by atoms with Crippen LogP contribution in [0.1, 0.15) is 37.9 Å². The molecular weight excluding hydrogens is 270 g/mol. The van der Waals surface area contributed by atoms with E-state index in [-0.39, 0.29) is 0 Å². The second kappa shape index (κ2) is 6.72. The van der Waals surface area contributed by atoms with Gasteiger partial charge in [-0.2, -0.15) is 11.8 Å². The summed E-state index contributed by atoms with van der Waals surface area (Å²) in [7, 11) is 3.39. The van der Waals surface area contributed by atoms with Crippen LogP contribution < -0.4 is 14.8 Å². The molecule has 0 radical (unpaired) electrons. The second-order valence-corrected chi connectivity index (χ2v) is 6.63. The smallest absolute Gasteiger partial charge is 0.161 e. The first-order valence-corrected chi connectivity index (χ1v) is 8.27. The summed E-state index contributed by atoms with van der Waals surface area (Å²) in [4.78, 5) is 0. The number of fused-ring (bicyclic) bond motifs is 1. The molecule has 2 rings (SSSR count). The third-order valence-corrected chi connectivity index (χ3v) is 5.50. The molecule has 1 aromatic carbocycles. The molecule has 1 N–H and O–H groups in total. The minimum absolute atomic E-state index is 0.383. The van der Waals surface area contributed by atoms with Gasteiger partial charge in [0.1, 0.15) is 0 Å². The molecule has 1 aromatic rings. The van der Waals surface area contributed by atoms with Gasteiger partial charge in [0, 0.05) is 17.0 Å². The van der Waals surface area contributed by atoms with Gasteiger partial charge in [-0.05, 0) is 35.7 Å². The van der Waals surface area contributed by atoms with E-state index in [1.165, 1.54) is 11.1 Å². The number of benzene rings is 1. The van der Waals surface area contributed by atoms with Gasteiger partial charge < -0.3 is 14.8 Å². The largest absolute Gasteiger partial charge is 0.493 e. The molecule has 2 atom stereocenters. The Kier molecular flexibility index (Phi) is 5.22. The summed E-state index contributed by atoms with van der Waals surface area (Å²) in [6.07, 6.45) is 0. The van der Waals surface area contributed by atoms with Gasteiger partial charge in [-0.3, -0.25) is 0 Å². The van der Waals surface area contributed by atoms with Crippen LogP contribution in [0.25, 0.3) is 0 Å². The average Bonchev–Trinajstić information content (AvgIpc) is 2.45. The van der Waals surface area contributed by atoms with Crippen molar-refractivity contribution in [3.8, 4) is 11.5 Å². The molecule has 0 amide bonds. The number of rotatable bonds is 5. The van der Waals surface area contributed by atoms with Crippen LogP contribution >= 0.6 is 11.8 Å². The summed E-state index contributed by atoms with van der Waals surface area (Å²) in [5.41, 5.74) is 2.72. The quantitative estimate of drug-likeness (QED) is 0.898. The van der Waals surface area contributed by atoms with Gasteiger partial charge in [0.2, 0.25) is 0 Å². The van der Waals surface area contributed by atoms with Crippen LogP contribution in [-0.4, -0.2) is 26.0 Å². The molecule has 2 unspecified atom stereocenters. The summed E-state index contributed by atoms with van der Waals surface area (Å²) in [6.45, 7) is 7.74. The summed E-state index contributed by atoms with van der Waals surface area (Å²) >= 11 is 2.04. The first-order chi connectivity index (χ1) is 9.62. The zero-order valence-corrected chi connectivity index (χ0v) is 13.8. The van der Waals surface area contributed by atoms with Crippen LogP contribution in [0.3, 0.4) is 0 Å². The molecule has 0 saturated carbocycles. The van der Waals surface area contributed by atoms with E-state index < -0.39 is 0 Å². The Bertz CT molecular complexity index is 462.